The molecule has 1 aromatic rings. The van der Waals surface area contributed by atoms with Crippen LogP contribution in [0.25, 0.3) is 0 Å². The normalized spacial score (nSPS) is 9.64. The van der Waals surface area contributed by atoms with Crippen molar-refractivity contribution in [2.45, 2.75) is 6.92 Å². The predicted octanol–water partition coefficient (Wildman–Crippen LogP) is 2.28. The third kappa shape index (κ3) is 1.71. The Balaban J connectivity index is 3.27. The largest absolute Gasteiger partial charge is 0.507 e. The van der Waals surface area contributed by atoms with E-state index in [2.05, 4.69) is 0 Å². The fourth-order valence-corrected chi connectivity index (χ4v) is 1.25. The first-order valence-electron chi connectivity index (χ1n) is 3.11. The molecule has 0 fully saturated rings. The number of phenols is 1. The van der Waals surface area contributed by atoms with Crippen molar-refractivity contribution in [1.29, 1.82) is 0 Å². The third-order valence-electron chi connectivity index (χ3n) is 1.45. The Morgan fingerprint density at radius 1 is 1.55 bits per heavy atom. The zero-order valence-electron chi connectivity index (χ0n) is 5.97. The summed E-state index contributed by atoms with van der Waals surface area (Å²) in [5, 5.41) is 9.34. The molecule has 0 radical (unpaired) electrons. The number of hydrogen-bond donors (Lipinski definition) is 1. The van der Waals surface area contributed by atoms with Gasteiger partial charge in [0.2, 0.25) is 3.79 Å². The lowest BCUT2D eigenvalue weighted by Gasteiger charge is -2.00. The van der Waals surface area contributed by atoms with Gasteiger partial charge in [-0.15, -0.1) is 0 Å². The molecule has 0 unspecified atom stereocenters. The first-order chi connectivity index (χ1) is 5.13. The molecule has 0 aliphatic heterocycles. The number of rotatable bonds is 1. The van der Waals surface area contributed by atoms with Crippen LogP contribution in [0.1, 0.15) is 15.9 Å². The Kier molecular flexibility index (Phi) is 2.49. The highest BCUT2D eigenvalue weighted by molar-refractivity contribution is 14.1. The number of carbonyl (C=O) groups is 1. The van der Waals surface area contributed by atoms with Crippen LogP contribution in [0.5, 0.6) is 5.75 Å². The molecule has 0 saturated carbocycles. The van der Waals surface area contributed by atoms with Gasteiger partial charge in [0.1, 0.15) is 5.75 Å². The van der Waals surface area contributed by atoms with Crippen LogP contribution in [-0.4, -0.2) is 8.90 Å². The molecule has 0 amide bonds. The first-order valence-corrected chi connectivity index (χ1v) is 4.19. The minimum atomic E-state index is -0.135. The van der Waals surface area contributed by atoms with Gasteiger partial charge in [-0.3, -0.25) is 4.79 Å². The molecule has 1 aromatic carbocycles. The summed E-state index contributed by atoms with van der Waals surface area (Å²) in [6.45, 7) is 1.76. The maximum absolute atomic E-state index is 10.8. The van der Waals surface area contributed by atoms with Gasteiger partial charge < -0.3 is 5.11 Å². The second kappa shape index (κ2) is 3.21. The molecule has 1 N–H and O–H groups in total. The first kappa shape index (κ1) is 8.52. The number of aryl methyl sites for hydroxylation is 1. The van der Waals surface area contributed by atoms with Crippen LogP contribution in [0.3, 0.4) is 0 Å². The molecule has 0 aromatic heterocycles. The number of aromatic hydroxyl groups is 1. The van der Waals surface area contributed by atoms with E-state index >= 15 is 0 Å². The SMILES string of the molecule is Cc1cccc(C(=O)I)c1O. The quantitative estimate of drug-likeness (QED) is 0.622. The van der Waals surface area contributed by atoms with Crippen molar-refractivity contribution in [2.75, 3.05) is 0 Å². The Bertz CT molecular complexity index is 294. The van der Waals surface area contributed by atoms with Crippen molar-refractivity contribution in [1.82, 2.24) is 0 Å². The van der Waals surface area contributed by atoms with Crippen LogP contribution < -0.4 is 0 Å². The zero-order chi connectivity index (χ0) is 8.43. The highest BCUT2D eigenvalue weighted by atomic mass is 127. The number of para-hydroxylation sites is 1. The second-order valence-electron chi connectivity index (χ2n) is 2.24. The van der Waals surface area contributed by atoms with Crippen molar-refractivity contribution >= 4 is 26.4 Å². The van der Waals surface area contributed by atoms with E-state index in [1.165, 1.54) is 0 Å². The fourth-order valence-electron chi connectivity index (χ4n) is 0.818. The number of halogens is 1. The van der Waals surface area contributed by atoms with Gasteiger partial charge in [-0.25, -0.2) is 0 Å². The Hall–Kier alpha value is -0.580. The third-order valence-corrected chi connectivity index (χ3v) is 2.03. The molecule has 2 nitrogen and oxygen atoms in total. The van der Waals surface area contributed by atoms with Gasteiger partial charge in [0.05, 0.1) is 5.56 Å². The van der Waals surface area contributed by atoms with Crippen LogP contribution in [0.15, 0.2) is 18.2 Å². The van der Waals surface area contributed by atoms with Crippen LogP contribution in [0, 0.1) is 6.92 Å². The second-order valence-corrected chi connectivity index (χ2v) is 3.22. The molecular weight excluding hydrogens is 255 g/mol. The standard InChI is InChI=1S/C8H7IO2/c1-5-3-2-4-6(7(5)10)8(9)11/h2-4,10H,1H3. The summed E-state index contributed by atoms with van der Waals surface area (Å²) in [6, 6.07) is 5.12. The molecule has 0 heterocycles. The predicted molar refractivity (Wildman–Crippen MR) is 51.2 cm³/mol. The number of phenolic OH excluding ortho intramolecular Hbond substituents is 1. The van der Waals surface area contributed by atoms with Gasteiger partial charge in [-0.1, -0.05) is 12.1 Å². The van der Waals surface area contributed by atoms with Crippen molar-refractivity contribution in [2.24, 2.45) is 0 Å². The summed E-state index contributed by atoms with van der Waals surface area (Å²) in [5.41, 5.74) is 1.11. The van der Waals surface area contributed by atoms with E-state index in [1.54, 1.807) is 47.7 Å². The van der Waals surface area contributed by atoms with Crippen molar-refractivity contribution in [3.63, 3.8) is 0 Å². The summed E-state index contributed by atoms with van der Waals surface area (Å²) in [7, 11) is 0. The molecule has 0 bridgehead atoms. The van der Waals surface area contributed by atoms with Crippen molar-refractivity contribution in [3.05, 3.63) is 29.3 Å². The summed E-state index contributed by atoms with van der Waals surface area (Å²) >= 11 is 1.65. The summed E-state index contributed by atoms with van der Waals surface area (Å²) in [4.78, 5) is 10.8. The maximum atomic E-state index is 10.8. The summed E-state index contributed by atoms with van der Waals surface area (Å²) < 4.78 is -0.135. The molecule has 0 atom stereocenters. The van der Waals surface area contributed by atoms with Crippen molar-refractivity contribution in [3.8, 4) is 5.75 Å². The minimum Gasteiger partial charge on any atom is -0.507 e. The van der Waals surface area contributed by atoms with Crippen LogP contribution in [-0.2, 0) is 0 Å². The lowest BCUT2D eigenvalue weighted by atomic mass is 10.1. The Labute approximate surface area is 78.4 Å². The van der Waals surface area contributed by atoms with Gasteiger partial charge in [0, 0.05) is 22.6 Å². The van der Waals surface area contributed by atoms with Gasteiger partial charge in [0.15, 0.2) is 0 Å². The molecular formula is C8H7IO2. The highest BCUT2D eigenvalue weighted by Gasteiger charge is 2.07. The molecule has 3 heteroatoms. The Morgan fingerprint density at radius 2 is 2.18 bits per heavy atom. The lowest BCUT2D eigenvalue weighted by Crippen LogP contribution is -1.89. The van der Waals surface area contributed by atoms with E-state index in [9.17, 15) is 9.90 Å². The number of hydrogen-bond acceptors (Lipinski definition) is 2. The van der Waals surface area contributed by atoms with E-state index in [-0.39, 0.29) is 9.54 Å². The van der Waals surface area contributed by atoms with Crippen LogP contribution >= 0.6 is 22.6 Å². The average Bonchev–Trinajstić information content (AvgIpc) is 1.94. The lowest BCUT2D eigenvalue weighted by molar-refractivity contribution is 0.110. The van der Waals surface area contributed by atoms with E-state index in [0.717, 1.165) is 5.56 Å². The van der Waals surface area contributed by atoms with Crippen LogP contribution in [0.4, 0.5) is 0 Å². The molecule has 0 aliphatic carbocycles. The molecule has 11 heavy (non-hydrogen) atoms. The van der Waals surface area contributed by atoms with Gasteiger partial charge in [-0.2, -0.15) is 0 Å². The van der Waals surface area contributed by atoms with Gasteiger partial charge >= 0.3 is 0 Å². The van der Waals surface area contributed by atoms with Gasteiger partial charge in [0.25, 0.3) is 0 Å². The van der Waals surface area contributed by atoms with E-state index in [4.69, 9.17) is 0 Å². The van der Waals surface area contributed by atoms with E-state index in [0.29, 0.717) is 5.56 Å². The highest BCUT2D eigenvalue weighted by Crippen LogP contribution is 2.23. The van der Waals surface area contributed by atoms with Crippen LogP contribution in [0.2, 0.25) is 0 Å². The molecule has 58 valence electrons. The summed E-state index contributed by atoms with van der Waals surface area (Å²) in [5.74, 6) is 0.0897. The average molecular weight is 262 g/mol. The molecule has 0 aliphatic rings. The van der Waals surface area contributed by atoms with E-state index < -0.39 is 0 Å². The molecule has 1 rings (SSSR count). The topological polar surface area (TPSA) is 37.3 Å². The number of benzene rings is 1. The minimum absolute atomic E-state index is 0.0897. The molecule has 0 spiro atoms. The Morgan fingerprint density at radius 3 is 2.64 bits per heavy atom. The van der Waals surface area contributed by atoms with E-state index in [1.807, 2.05) is 0 Å². The zero-order valence-corrected chi connectivity index (χ0v) is 8.12. The molecule has 0 saturated heterocycles. The van der Waals surface area contributed by atoms with Crippen molar-refractivity contribution < 1.29 is 9.90 Å². The smallest absolute Gasteiger partial charge is 0.226 e. The summed E-state index contributed by atoms with van der Waals surface area (Å²) in [6.07, 6.45) is 0. The monoisotopic (exact) mass is 262 g/mol. The number of carbonyl (C=O) groups excluding carboxylic acids is 1. The fraction of sp³-hybridized carbons (Fsp3) is 0.125. The maximum Gasteiger partial charge on any atom is 0.226 e. The van der Waals surface area contributed by atoms with Gasteiger partial charge in [-0.05, 0) is 18.6 Å².